The summed E-state index contributed by atoms with van der Waals surface area (Å²) in [5.41, 5.74) is 1.08. The summed E-state index contributed by atoms with van der Waals surface area (Å²) in [6.45, 7) is 1.81. The topological polar surface area (TPSA) is 49.3 Å². The second-order valence-corrected chi connectivity index (χ2v) is 7.44. The van der Waals surface area contributed by atoms with Crippen molar-refractivity contribution in [2.75, 3.05) is 5.32 Å². The van der Waals surface area contributed by atoms with Crippen molar-refractivity contribution in [2.45, 2.75) is 44.1 Å². The Morgan fingerprint density at radius 1 is 1.12 bits per heavy atom. The van der Waals surface area contributed by atoms with Gasteiger partial charge in [-0.3, -0.25) is 4.79 Å². The summed E-state index contributed by atoms with van der Waals surface area (Å²) in [5.74, 6) is -0.143. The maximum atomic E-state index is 12.5. The fourth-order valence-corrected chi connectivity index (χ4v) is 3.76. The minimum absolute atomic E-state index is 0.150. The van der Waals surface area contributed by atoms with Crippen LogP contribution in [-0.4, -0.2) is 16.6 Å². The Kier molecular flexibility index (Phi) is 5.45. The molecule has 1 fully saturated rings. The third-order valence-electron chi connectivity index (χ3n) is 5.43. The van der Waals surface area contributed by atoms with Crippen molar-refractivity contribution in [1.29, 1.82) is 0 Å². The first kappa shape index (κ1) is 18.0. The molecule has 1 saturated carbocycles. The highest BCUT2D eigenvalue weighted by atomic mass is 35.5. The lowest BCUT2D eigenvalue weighted by Gasteiger charge is -2.39. The zero-order chi connectivity index (χ0) is 17.9. The van der Waals surface area contributed by atoms with Crippen LogP contribution in [-0.2, 0) is 4.79 Å². The van der Waals surface area contributed by atoms with Gasteiger partial charge in [0.05, 0.1) is 11.5 Å². The highest BCUT2D eigenvalue weighted by Crippen LogP contribution is 2.41. The van der Waals surface area contributed by atoms with E-state index in [-0.39, 0.29) is 5.91 Å². The number of amides is 1. The Hall–Kier alpha value is -1.84. The minimum Gasteiger partial charge on any atom is -0.389 e. The van der Waals surface area contributed by atoms with Gasteiger partial charge in [-0.15, -0.1) is 0 Å². The van der Waals surface area contributed by atoms with E-state index in [1.165, 1.54) is 5.56 Å². The Balaban J connectivity index is 1.61. The maximum Gasteiger partial charge on any atom is 0.230 e. The predicted octanol–water partition coefficient (Wildman–Crippen LogP) is 5.00. The molecule has 0 heterocycles. The van der Waals surface area contributed by atoms with E-state index in [9.17, 15) is 9.90 Å². The third-order valence-corrected chi connectivity index (χ3v) is 5.69. The largest absolute Gasteiger partial charge is 0.389 e. The van der Waals surface area contributed by atoms with Gasteiger partial charge in [0.25, 0.3) is 0 Å². The van der Waals surface area contributed by atoms with E-state index in [4.69, 9.17) is 11.6 Å². The number of benzene rings is 2. The first-order valence-corrected chi connectivity index (χ1v) is 9.19. The molecule has 1 amide bonds. The molecule has 2 N–H and O–H groups in total. The van der Waals surface area contributed by atoms with Crippen LogP contribution in [0.15, 0.2) is 54.6 Å². The zero-order valence-corrected chi connectivity index (χ0v) is 15.2. The number of hydrogen-bond acceptors (Lipinski definition) is 2. The molecule has 0 bridgehead atoms. The van der Waals surface area contributed by atoms with Crippen LogP contribution in [0.5, 0.6) is 0 Å². The van der Waals surface area contributed by atoms with Gasteiger partial charge in [-0.05, 0) is 61.4 Å². The Morgan fingerprint density at radius 2 is 1.72 bits per heavy atom. The van der Waals surface area contributed by atoms with Crippen molar-refractivity contribution >= 4 is 23.2 Å². The van der Waals surface area contributed by atoms with Gasteiger partial charge in [-0.25, -0.2) is 0 Å². The molecule has 25 heavy (non-hydrogen) atoms. The SMILES string of the molecule is CC(C(=O)Nc1ccc(Cl)cc1)[C@]1(O)CC[C@H](c2ccccc2)CC1. The number of halogens is 1. The molecule has 2 aromatic carbocycles. The van der Waals surface area contributed by atoms with Gasteiger partial charge < -0.3 is 10.4 Å². The van der Waals surface area contributed by atoms with Gasteiger partial charge in [0, 0.05) is 10.7 Å². The molecule has 1 aliphatic rings. The van der Waals surface area contributed by atoms with Crippen LogP contribution < -0.4 is 5.32 Å². The molecule has 0 aliphatic heterocycles. The van der Waals surface area contributed by atoms with Crippen LogP contribution in [0.3, 0.4) is 0 Å². The Morgan fingerprint density at radius 3 is 2.32 bits per heavy atom. The van der Waals surface area contributed by atoms with Crippen molar-refractivity contribution in [3.8, 4) is 0 Å². The highest BCUT2D eigenvalue weighted by Gasteiger charge is 2.41. The summed E-state index contributed by atoms with van der Waals surface area (Å²) in [4.78, 5) is 12.5. The molecular weight excluding hydrogens is 334 g/mol. The van der Waals surface area contributed by atoms with Crippen molar-refractivity contribution in [3.05, 3.63) is 65.2 Å². The normalized spacial score (nSPS) is 24.5. The molecule has 0 radical (unpaired) electrons. The summed E-state index contributed by atoms with van der Waals surface area (Å²) in [5, 5.41) is 14.5. The molecule has 4 heteroatoms. The second-order valence-electron chi connectivity index (χ2n) is 7.01. The van der Waals surface area contributed by atoms with Crippen molar-refractivity contribution in [3.63, 3.8) is 0 Å². The number of aliphatic hydroxyl groups is 1. The van der Waals surface area contributed by atoms with E-state index in [0.717, 1.165) is 12.8 Å². The molecule has 1 atom stereocenters. The van der Waals surface area contributed by atoms with E-state index in [2.05, 4.69) is 29.6 Å². The van der Waals surface area contributed by atoms with Crippen molar-refractivity contribution in [1.82, 2.24) is 0 Å². The van der Waals surface area contributed by atoms with Crippen LogP contribution in [0.1, 0.15) is 44.1 Å². The molecule has 3 nitrogen and oxygen atoms in total. The van der Waals surface area contributed by atoms with E-state index < -0.39 is 11.5 Å². The summed E-state index contributed by atoms with van der Waals surface area (Å²) < 4.78 is 0. The number of rotatable bonds is 4. The summed E-state index contributed by atoms with van der Waals surface area (Å²) in [6, 6.07) is 17.4. The number of hydrogen-bond donors (Lipinski definition) is 2. The van der Waals surface area contributed by atoms with Gasteiger partial charge in [-0.1, -0.05) is 48.9 Å². The smallest absolute Gasteiger partial charge is 0.230 e. The van der Waals surface area contributed by atoms with Crippen LogP contribution in [0.25, 0.3) is 0 Å². The minimum atomic E-state index is -0.943. The van der Waals surface area contributed by atoms with Crippen molar-refractivity contribution < 1.29 is 9.90 Å². The lowest BCUT2D eigenvalue weighted by molar-refractivity contribution is -0.131. The van der Waals surface area contributed by atoms with E-state index >= 15 is 0 Å². The molecule has 1 aliphatic carbocycles. The standard InChI is InChI=1S/C21H24ClNO2/c1-15(20(24)23-19-9-7-18(22)8-10-19)21(25)13-11-17(12-14-21)16-5-3-2-4-6-16/h2-10,15,17,25H,11-14H2,1H3,(H,23,24)/t15?,17-,21-. The van der Waals surface area contributed by atoms with Gasteiger partial charge in [0.15, 0.2) is 0 Å². The lowest BCUT2D eigenvalue weighted by Crippen LogP contribution is -2.45. The molecule has 3 rings (SSSR count). The number of carbonyl (C=O) groups is 1. The molecule has 1 unspecified atom stereocenters. The molecular formula is C21H24ClNO2. The average Bonchev–Trinajstić information content (AvgIpc) is 2.64. The summed E-state index contributed by atoms with van der Waals surface area (Å²) >= 11 is 5.87. The predicted molar refractivity (Wildman–Crippen MR) is 102 cm³/mol. The van der Waals surface area contributed by atoms with Crippen LogP contribution >= 0.6 is 11.6 Å². The van der Waals surface area contributed by atoms with Gasteiger partial charge >= 0.3 is 0 Å². The Labute approximate surface area is 154 Å². The molecule has 0 aromatic heterocycles. The summed E-state index contributed by atoms with van der Waals surface area (Å²) in [6.07, 6.45) is 3.09. The maximum absolute atomic E-state index is 12.5. The fraction of sp³-hybridized carbons (Fsp3) is 0.381. The van der Waals surface area contributed by atoms with Gasteiger partial charge in [0.2, 0.25) is 5.91 Å². The highest BCUT2D eigenvalue weighted by molar-refractivity contribution is 6.30. The Bertz CT molecular complexity index is 706. The zero-order valence-electron chi connectivity index (χ0n) is 14.4. The molecule has 0 saturated heterocycles. The van der Waals surface area contributed by atoms with Crippen molar-refractivity contribution in [2.24, 2.45) is 5.92 Å². The number of carbonyl (C=O) groups excluding carboxylic acids is 1. The number of nitrogens with one attached hydrogen (secondary N) is 1. The number of anilines is 1. The van der Waals surface area contributed by atoms with Gasteiger partial charge in [0.1, 0.15) is 0 Å². The second kappa shape index (κ2) is 7.59. The third kappa shape index (κ3) is 4.23. The first-order chi connectivity index (χ1) is 12.0. The van der Waals surface area contributed by atoms with Gasteiger partial charge in [-0.2, -0.15) is 0 Å². The monoisotopic (exact) mass is 357 g/mol. The van der Waals surface area contributed by atoms with Crippen LogP contribution in [0.2, 0.25) is 5.02 Å². The average molecular weight is 358 g/mol. The van der Waals surface area contributed by atoms with Crippen LogP contribution in [0, 0.1) is 5.92 Å². The van der Waals surface area contributed by atoms with E-state index in [0.29, 0.717) is 29.5 Å². The first-order valence-electron chi connectivity index (χ1n) is 8.82. The molecule has 0 spiro atoms. The van der Waals surface area contributed by atoms with E-state index in [1.807, 2.05) is 13.0 Å². The summed E-state index contributed by atoms with van der Waals surface area (Å²) in [7, 11) is 0. The van der Waals surface area contributed by atoms with Crippen LogP contribution in [0.4, 0.5) is 5.69 Å². The fourth-order valence-electron chi connectivity index (χ4n) is 3.64. The lowest BCUT2D eigenvalue weighted by atomic mass is 9.71. The molecule has 2 aromatic rings. The quantitative estimate of drug-likeness (QED) is 0.808. The molecule has 132 valence electrons. The van der Waals surface area contributed by atoms with E-state index in [1.54, 1.807) is 24.3 Å².